The fourth-order valence-electron chi connectivity index (χ4n) is 0.983. The average Bonchev–Trinajstić information content (AvgIpc) is 2.45. The normalized spacial score (nSPS) is 10.2. The van der Waals surface area contributed by atoms with Crippen molar-refractivity contribution < 1.29 is 14.6 Å². The van der Waals surface area contributed by atoms with E-state index in [2.05, 4.69) is 5.10 Å². The van der Waals surface area contributed by atoms with Crippen LogP contribution in [0, 0.1) is 0 Å². The summed E-state index contributed by atoms with van der Waals surface area (Å²) < 4.78 is 6.62. The van der Waals surface area contributed by atoms with Gasteiger partial charge in [0.25, 0.3) is 0 Å². The second-order valence-electron chi connectivity index (χ2n) is 2.64. The highest BCUT2D eigenvalue weighted by Gasteiger charge is 1.99. The third-order valence-electron chi connectivity index (χ3n) is 1.65. The van der Waals surface area contributed by atoms with E-state index in [9.17, 15) is 4.79 Å². The van der Waals surface area contributed by atoms with Crippen LogP contribution in [-0.4, -0.2) is 34.1 Å². The maximum absolute atomic E-state index is 10.1. The minimum atomic E-state index is -0.940. The molecular formula is C8H12N2O3. The van der Waals surface area contributed by atoms with E-state index < -0.39 is 5.97 Å². The molecule has 5 heteroatoms. The number of hydrogen-bond acceptors (Lipinski definition) is 3. The Labute approximate surface area is 75.9 Å². The largest absolute Gasteiger partial charge is 0.480 e. The van der Waals surface area contributed by atoms with Gasteiger partial charge in [-0.1, -0.05) is 0 Å². The first kappa shape index (κ1) is 9.73. The minimum Gasteiger partial charge on any atom is -0.480 e. The second kappa shape index (κ2) is 4.61. The lowest BCUT2D eigenvalue weighted by atomic mass is 10.3. The second-order valence-corrected chi connectivity index (χ2v) is 2.64. The Balaban J connectivity index is 2.20. The van der Waals surface area contributed by atoms with Crippen molar-refractivity contribution in [2.45, 2.75) is 6.42 Å². The average molecular weight is 184 g/mol. The molecule has 0 atom stereocenters. The quantitative estimate of drug-likeness (QED) is 0.657. The summed E-state index contributed by atoms with van der Waals surface area (Å²) in [6, 6.07) is 1.88. The van der Waals surface area contributed by atoms with Gasteiger partial charge < -0.3 is 9.84 Å². The van der Waals surface area contributed by atoms with Crippen LogP contribution >= 0.6 is 0 Å². The fourth-order valence-corrected chi connectivity index (χ4v) is 0.983. The first-order valence-electron chi connectivity index (χ1n) is 3.96. The van der Waals surface area contributed by atoms with E-state index in [4.69, 9.17) is 9.84 Å². The molecule has 0 aromatic carbocycles. The van der Waals surface area contributed by atoms with Crippen molar-refractivity contribution in [3.63, 3.8) is 0 Å². The smallest absolute Gasteiger partial charge is 0.329 e. The predicted octanol–water partition coefficient (Wildman–Crippen LogP) is 0.0638. The van der Waals surface area contributed by atoms with E-state index in [0.29, 0.717) is 13.0 Å². The van der Waals surface area contributed by atoms with Gasteiger partial charge >= 0.3 is 5.97 Å². The van der Waals surface area contributed by atoms with Gasteiger partial charge in [-0.25, -0.2) is 4.79 Å². The van der Waals surface area contributed by atoms with E-state index in [1.54, 1.807) is 10.9 Å². The zero-order valence-corrected chi connectivity index (χ0v) is 7.43. The highest BCUT2D eigenvalue weighted by atomic mass is 16.5. The van der Waals surface area contributed by atoms with Crippen LogP contribution < -0.4 is 0 Å². The molecule has 0 aliphatic rings. The van der Waals surface area contributed by atoms with Gasteiger partial charge in [0.2, 0.25) is 0 Å². The lowest BCUT2D eigenvalue weighted by Crippen LogP contribution is -2.10. The number of nitrogens with zero attached hydrogens (tertiary/aromatic N) is 2. The molecule has 5 nitrogen and oxygen atoms in total. The Bertz CT molecular complexity index is 283. The summed E-state index contributed by atoms with van der Waals surface area (Å²) in [4.78, 5) is 10.1. The molecule has 0 radical (unpaired) electrons. The van der Waals surface area contributed by atoms with Gasteiger partial charge in [-0.05, 0) is 6.07 Å². The van der Waals surface area contributed by atoms with E-state index in [0.717, 1.165) is 5.69 Å². The molecule has 0 aliphatic heterocycles. The molecule has 1 aromatic rings. The van der Waals surface area contributed by atoms with Crippen molar-refractivity contribution >= 4 is 5.97 Å². The lowest BCUT2D eigenvalue weighted by molar-refractivity contribution is -0.142. The molecule has 1 rings (SSSR count). The van der Waals surface area contributed by atoms with E-state index >= 15 is 0 Å². The first-order valence-corrected chi connectivity index (χ1v) is 3.96. The molecular weight excluding hydrogens is 172 g/mol. The molecule has 0 amide bonds. The summed E-state index contributed by atoms with van der Waals surface area (Å²) in [5.41, 5.74) is 1.03. The topological polar surface area (TPSA) is 64.4 Å². The van der Waals surface area contributed by atoms with Crippen LogP contribution in [0.1, 0.15) is 5.69 Å². The fraction of sp³-hybridized carbons (Fsp3) is 0.500. The maximum Gasteiger partial charge on any atom is 0.329 e. The molecule has 72 valence electrons. The molecule has 13 heavy (non-hydrogen) atoms. The van der Waals surface area contributed by atoms with Crippen LogP contribution in [0.4, 0.5) is 0 Å². The monoisotopic (exact) mass is 184 g/mol. The number of aryl methyl sites for hydroxylation is 1. The number of aliphatic carboxylic acids is 1. The summed E-state index contributed by atoms with van der Waals surface area (Å²) in [5.74, 6) is -0.940. The molecule has 1 N–H and O–H groups in total. The van der Waals surface area contributed by atoms with Gasteiger partial charge in [-0.2, -0.15) is 5.10 Å². The molecule has 0 spiro atoms. The Morgan fingerprint density at radius 1 is 1.77 bits per heavy atom. The van der Waals surface area contributed by atoms with Gasteiger partial charge in [-0.15, -0.1) is 0 Å². The SMILES string of the molecule is Cn1nccc1CCOCC(=O)O. The number of rotatable bonds is 5. The van der Waals surface area contributed by atoms with Crippen LogP contribution in [0.5, 0.6) is 0 Å². The number of carboxylic acids is 1. The van der Waals surface area contributed by atoms with Crippen LogP contribution in [0.3, 0.4) is 0 Å². The Kier molecular flexibility index (Phi) is 3.45. The molecule has 0 fully saturated rings. The maximum atomic E-state index is 10.1. The van der Waals surface area contributed by atoms with Gasteiger partial charge in [0, 0.05) is 25.4 Å². The third-order valence-corrected chi connectivity index (χ3v) is 1.65. The number of carbonyl (C=O) groups is 1. The number of aromatic nitrogens is 2. The zero-order valence-electron chi connectivity index (χ0n) is 7.43. The summed E-state index contributed by atoms with van der Waals surface area (Å²) >= 11 is 0. The third kappa shape index (κ3) is 3.25. The lowest BCUT2D eigenvalue weighted by Gasteiger charge is -2.01. The summed E-state index contributed by atoms with van der Waals surface area (Å²) in [6.45, 7) is 0.170. The molecule has 0 saturated carbocycles. The van der Waals surface area contributed by atoms with Crippen molar-refractivity contribution in [2.24, 2.45) is 7.05 Å². The molecule has 0 aliphatic carbocycles. The molecule has 0 saturated heterocycles. The van der Waals surface area contributed by atoms with Crippen molar-refractivity contribution in [3.8, 4) is 0 Å². The molecule has 1 aromatic heterocycles. The summed E-state index contributed by atoms with van der Waals surface area (Å²) in [6.07, 6.45) is 2.39. The zero-order chi connectivity index (χ0) is 9.68. The van der Waals surface area contributed by atoms with Gasteiger partial charge in [0.05, 0.1) is 6.61 Å². The highest BCUT2D eigenvalue weighted by Crippen LogP contribution is 1.97. The van der Waals surface area contributed by atoms with Crippen LogP contribution in [0.25, 0.3) is 0 Å². The highest BCUT2D eigenvalue weighted by molar-refractivity contribution is 5.67. The van der Waals surface area contributed by atoms with Crippen molar-refractivity contribution in [1.29, 1.82) is 0 Å². The minimum absolute atomic E-state index is 0.238. The van der Waals surface area contributed by atoms with E-state index in [-0.39, 0.29) is 6.61 Å². The Hall–Kier alpha value is -1.36. The van der Waals surface area contributed by atoms with Crippen LogP contribution in [0.15, 0.2) is 12.3 Å². The number of ether oxygens (including phenoxy) is 1. The molecule has 1 heterocycles. The summed E-state index contributed by atoms with van der Waals surface area (Å²) in [5, 5.41) is 12.3. The Morgan fingerprint density at radius 2 is 2.54 bits per heavy atom. The van der Waals surface area contributed by atoms with Gasteiger partial charge in [0.15, 0.2) is 0 Å². The van der Waals surface area contributed by atoms with Crippen LogP contribution in [-0.2, 0) is 23.0 Å². The van der Waals surface area contributed by atoms with E-state index in [1.165, 1.54) is 0 Å². The Morgan fingerprint density at radius 3 is 3.08 bits per heavy atom. The van der Waals surface area contributed by atoms with E-state index in [1.807, 2.05) is 13.1 Å². The van der Waals surface area contributed by atoms with Gasteiger partial charge in [0.1, 0.15) is 6.61 Å². The van der Waals surface area contributed by atoms with Crippen LogP contribution in [0.2, 0.25) is 0 Å². The number of carboxylic acid groups (broad SMARTS) is 1. The van der Waals surface area contributed by atoms with Gasteiger partial charge in [-0.3, -0.25) is 4.68 Å². The summed E-state index contributed by atoms with van der Waals surface area (Å²) in [7, 11) is 1.84. The van der Waals surface area contributed by atoms with Crippen molar-refractivity contribution in [2.75, 3.05) is 13.2 Å². The molecule has 0 unspecified atom stereocenters. The standard InChI is InChI=1S/C8H12N2O3/c1-10-7(2-4-9-10)3-5-13-6-8(11)12/h2,4H,3,5-6H2,1H3,(H,11,12). The van der Waals surface area contributed by atoms with Crippen molar-refractivity contribution in [1.82, 2.24) is 9.78 Å². The number of hydrogen-bond donors (Lipinski definition) is 1. The van der Waals surface area contributed by atoms with Crippen molar-refractivity contribution in [3.05, 3.63) is 18.0 Å². The first-order chi connectivity index (χ1) is 6.20. The molecule has 0 bridgehead atoms. The predicted molar refractivity (Wildman–Crippen MR) is 45.4 cm³/mol.